The Morgan fingerprint density at radius 2 is 2.31 bits per heavy atom. The van der Waals surface area contributed by atoms with Gasteiger partial charge in [0.2, 0.25) is 0 Å². The van der Waals surface area contributed by atoms with Crippen LogP contribution >= 0.6 is 22.6 Å². The van der Waals surface area contributed by atoms with Gasteiger partial charge in [-0.05, 0) is 25.0 Å². The van der Waals surface area contributed by atoms with Gasteiger partial charge in [-0.2, -0.15) is 0 Å². The van der Waals surface area contributed by atoms with Gasteiger partial charge in [-0.3, -0.25) is 4.90 Å². The fourth-order valence-electron chi connectivity index (χ4n) is 1.85. The maximum atomic E-state index is 11.6. The monoisotopic (exact) mass is 331 g/mol. The van der Waals surface area contributed by atoms with E-state index in [1.54, 1.807) is 4.90 Å². The number of carbonyl (C=O) groups excluding carboxylic acids is 1. The number of amides is 1. The summed E-state index contributed by atoms with van der Waals surface area (Å²) in [6.45, 7) is 3.36. The summed E-state index contributed by atoms with van der Waals surface area (Å²) in [7, 11) is 0. The minimum Gasteiger partial charge on any atom is -0.449 e. The molecule has 16 heavy (non-hydrogen) atoms. The van der Waals surface area contributed by atoms with Crippen LogP contribution in [0.2, 0.25) is 0 Å². The summed E-state index contributed by atoms with van der Waals surface area (Å²) in [5, 5.41) is 0. The van der Waals surface area contributed by atoms with Crippen LogP contribution in [0.25, 0.3) is 0 Å². The van der Waals surface area contributed by atoms with Crippen molar-refractivity contribution in [3.63, 3.8) is 0 Å². The van der Waals surface area contributed by atoms with Crippen molar-refractivity contribution in [1.82, 2.24) is 0 Å². The summed E-state index contributed by atoms with van der Waals surface area (Å²) in [6.07, 6.45) is 0.682. The lowest BCUT2D eigenvalue weighted by Crippen LogP contribution is -2.38. The number of carbonyl (C=O) groups is 1. The Hall–Kier alpha value is -0.780. The molecule has 0 bridgehead atoms. The first-order chi connectivity index (χ1) is 7.72. The summed E-state index contributed by atoms with van der Waals surface area (Å²) < 4.78 is 5.96. The van der Waals surface area contributed by atoms with Crippen LogP contribution in [0.5, 0.6) is 0 Å². The molecule has 1 fully saturated rings. The van der Waals surface area contributed by atoms with Gasteiger partial charge in [-0.1, -0.05) is 40.3 Å². The lowest BCUT2D eigenvalue weighted by molar-refractivity contribution is 0.140. The number of cyclic esters (lactones) is 1. The zero-order valence-corrected chi connectivity index (χ0v) is 11.4. The Morgan fingerprint density at radius 1 is 1.50 bits per heavy atom. The van der Waals surface area contributed by atoms with Gasteiger partial charge in [-0.15, -0.1) is 0 Å². The number of alkyl halides is 1. The van der Waals surface area contributed by atoms with Crippen LogP contribution in [0.4, 0.5) is 10.5 Å². The number of nitrogens with zero attached hydrogens (tertiary/aromatic N) is 1. The molecule has 0 saturated carbocycles. The van der Waals surface area contributed by atoms with Gasteiger partial charge in [0, 0.05) is 11.0 Å². The summed E-state index contributed by atoms with van der Waals surface area (Å²) in [4.78, 5) is 13.4. The molecule has 0 aliphatic carbocycles. The third kappa shape index (κ3) is 2.31. The number of halogens is 1. The van der Waals surface area contributed by atoms with Gasteiger partial charge in [0.15, 0.2) is 0 Å². The number of hydrogen-bond donors (Lipinski definition) is 0. The molecule has 1 aliphatic rings. The first-order valence-corrected chi connectivity index (χ1v) is 6.84. The maximum Gasteiger partial charge on any atom is 0.414 e. The standard InChI is InChI=1S/C12H14INO2/c1-9-3-4-11(10(7-9)8-13)14-5-2-6-16-12(14)15/h3-4,7H,2,5-6,8H2,1H3. The molecule has 1 heterocycles. The largest absolute Gasteiger partial charge is 0.449 e. The minimum absolute atomic E-state index is 0.221. The van der Waals surface area contributed by atoms with Crippen molar-refractivity contribution >= 4 is 34.4 Å². The SMILES string of the molecule is Cc1ccc(N2CCCOC2=O)c(CI)c1. The van der Waals surface area contributed by atoms with Crippen LogP contribution in [-0.4, -0.2) is 19.2 Å². The molecule has 1 amide bonds. The highest BCUT2D eigenvalue weighted by molar-refractivity contribution is 14.1. The zero-order chi connectivity index (χ0) is 11.5. The van der Waals surface area contributed by atoms with Gasteiger partial charge < -0.3 is 4.74 Å². The average Bonchev–Trinajstić information content (AvgIpc) is 2.30. The molecule has 1 saturated heterocycles. The lowest BCUT2D eigenvalue weighted by Gasteiger charge is -2.28. The van der Waals surface area contributed by atoms with Crippen LogP contribution in [0.15, 0.2) is 18.2 Å². The van der Waals surface area contributed by atoms with Crippen molar-refractivity contribution in [3.05, 3.63) is 29.3 Å². The van der Waals surface area contributed by atoms with E-state index in [2.05, 4.69) is 35.6 Å². The normalized spacial score (nSPS) is 16.1. The number of aryl methyl sites for hydroxylation is 1. The molecule has 0 N–H and O–H groups in total. The average molecular weight is 331 g/mol. The Kier molecular flexibility index (Phi) is 3.68. The summed E-state index contributed by atoms with van der Waals surface area (Å²) >= 11 is 2.32. The van der Waals surface area contributed by atoms with Gasteiger partial charge in [0.1, 0.15) is 0 Å². The summed E-state index contributed by atoms with van der Waals surface area (Å²) in [5.74, 6) is 0. The van der Waals surface area contributed by atoms with Crippen molar-refractivity contribution in [3.8, 4) is 0 Å². The number of benzene rings is 1. The van der Waals surface area contributed by atoms with Crippen molar-refractivity contribution in [2.24, 2.45) is 0 Å². The number of ether oxygens (including phenoxy) is 1. The van der Waals surface area contributed by atoms with Crippen LogP contribution < -0.4 is 4.90 Å². The van der Waals surface area contributed by atoms with E-state index in [4.69, 9.17) is 4.74 Å². The molecule has 1 aromatic carbocycles. The molecule has 3 nitrogen and oxygen atoms in total. The van der Waals surface area contributed by atoms with E-state index in [9.17, 15) is 4.79 Å². The van der Waals surface area contributed by atoms with Crippen molar-refractivity contribution in [2.45, 2.75) is 17.8 Å². The fourth-order valence-corrected chi connectivity index (χ4v) is 2.47. The van der Waals surface area contributed by atoms with E-state index in [0.29, 0.717) is 6.61 Å². The summed E-state index contributed by atoms with van der Waals surface area (Å²) in [5.41, 5.74) is 3.41. The maximum absolute atomic E-state index is 11.6. The predicted molar refractivity (Wildman–Crippen MR) is 72.2 cm³/mol. The first kappa shape index (κ1) is 11.7. The smallest absolute Gasteiger partial charge is 0.414 e. The molecule has 1 aliphatic heterocycles. The van der Waals surface area contributed by atoms with E-state index >= 15 is 0 Å². The van der Waals surface area contributed by atoms with Gasteiger partial charge >= 0.3 is 6.09 Å². The second kappa shape index (κ2) is 5.03. The van der Waals surface area contributed by atoms with E-state index in [1.165, 1.54) is 11.1 Å². The summed E-state index contributed by atoms with van der Waals surface area (Å²) in [6, 6.07) is 6.17. The Bertz CT molecular complexity index is 406. The topological polar surface area (TPSA) is 29.5 Å². The van der Waals surface area contributed by atoms with Crippen LogP contribution in [0, 0.1) is 6.92 Å². The van der Waals surface area contributed by atoms with E-state index in [-0.39, 0.29) is 6.09 Å². The van der Waals surface area contributed by atoms with Crippen LogP contribution in [-0.2, 0) is 9.16 Å². The molecule has 1 aromatic rings. The number of hydrogen-bond acceptors (Lipinski definition) is 2. The van der Waals surface area contributed by atoms with E-state index in [1.807, 2.05) is 12.1 Å². The van der Waals surface area contributed by atoms with Crippen molar-refractivity contribution < 1.29 is 9.53 Å². The highest BCUT2D eigenvalue weighted by Crippen LogP contribution is 2.26. The number of rotatable bonds is 2. The van der Waals surface area contributed by atoms with E-state index < -0.39 is 0 Å². The third-order valence-corrected chi connectivity index (χ3v) is 3.46. The molecule has 0 radical (unpaired) electrons. The first-order valence-electron chi connectivity index (χ1n) is 5.32. The Morgan fingerprint density at radius 3 is 3.00 bits per heavy atom. The zero-order valence-electron chi connectivity index (χ0n) is 9.20. The van der Waals surface area contributed by atoms with Crippen molar-refractivity contribution in [1.29, 1.82) is 0 Å². The third-order valence-electron chi connectivity index (χ3n) is 2.64. The van der Waals surface area contributed by atoms with Crippen LogP contribution in [0.1, 0.15) is 17.5 Å². The number of anilines is 1. The molecule has 86 valence electrons. The van der Waals surface area contributed by atoms with Gasteiger partial charge in [0.05, 0.1) is 12.3 Å². The van der Waals surface area contributed by atoms with Crippen LogP contribution in [0.3, 0.4) is 0 Å². The van der Waals surface area contributed by atoms with Gasteiger partial charge in [0.25, 0.3) is 0 Å². The lowest BCUT2D eigenvalue weighted by atomic mass is 10.1. The molecule has 2 rings (SSSR count). The molecule has 4 heteroatoms. The van der Waals surface area contributed by atoms with Gasteiger partial charge in [-0.25, -0.2) is 4.79 Å². The minimum atomic E-state index is -0.221. The van der Waals surface area contributed by atoms with Crippen molar-refractivity contribution in [2.75, 3.05) is 18.1 Å². The predicted octanol–water partition coefficient (Wildman–Crippen LogP) is 3.28. The Labute approximate surface area is 109 Å². The van der Waals surface area contributed by atoms with E-state index in [0.717, 1.165) is 23.1 Å². The molecule has 0 unspecified atom stereocenters. The fraction of sp³-hybridized carbons (Fsp3) is 0.417. The highest BCUT2D eigenvalue weighted by Gasteiger charge is 2.22. The molecule has 0 atom stereocenters. The Balaban J connectivity index is 2.34. The second-order valence-corrected chi connectivity index (χ2v) is 4.65. The quantitative estimate of drug-likeness (QED) is 0.615. The molecule has 0 aromatic heterocycles. The highest BCUT2D eigenvalue weighted by atomic mass is 127. The second-order valence-electron chi connectivity index (χ2n) is 3.89. The molecular formula is C12H14INO2. The molecule has 0 spiro atoms. The molecular weight excluding hydrogens is 317 g/mol.